The molecule has 1 unspecified atom stereocenters. The van der Waals surface area contributed by atoms with Crippen LogP contribution in [0.1, 0.15) is 44.1 Å². The van der Waals surface area contributed by atoms with Crippen LogP contribution in [0.25, 0.3) is 0 Å². The molecular weight excluding hydrogens is 354 g/mol. The highest BCUT2D eigenvalue weighted by Crippen LogP contribution is 2.31. The highest BCUT2D eigenvalue weighted by molar-refractivity contribution is 7.99. The fraction of sp³-hybridized carbons (Fsp3) is 0.500. The number of hydrogen-bond donors (Lipinski definition) is 1. The van der Waals surface area contributed by atoms with Crippen molar-refractivity contribution >= 4 is 17.7 Å². The molecule has 1 aromatic heterocycles. The molecule has 1 aromatic carbocycles. The molecule has 1 atom stereocenters. The Hall–Kier alpha value is -2.22. The summed E-state index contributed by atoms with van der Waals surface area (Å²) in [5.41, 5.74) is 0.949. The summed E-state index contributed by atoms with van der Waals surface area (Å²) in [5, 5.41) is 6.78. The average molecular weight is 379 g/mol. The molecule has 0 aliphatic heterocycles. The van der Waals surface area contributed by atoms with Crippen LogP contribution in [0.4, 0.5) is 0 Å². The lowest BCUT2D eigenvalue weighted by molar-refractivity contribution is -0.119. The van der Waals surface area contributed by atoms with Crippen LogP contribution >= 0.6 is 11.8 Å². The van der Waals surface area contributed by atoms with Gasteiger partial charge in [-0.25, -0.2) is 0 Å². The summed E-state index contributed by atoms with van der Waals surface area (Å²) in [7, 11) is 1.60. The van der Waals surface area contributed by atoms with E-state index in [0.717, 1.165) is 5.56 Å². The zero-order chi connectivity index (χ0) is 19.1. The number of hydrogen-bond acceptors (Lipinski definition) is 7. The second-order valence-electron chi connectivity index (χ2n) is 6.09. The highest BCUT2D eigenvalue weighted by Gasteiger charge is 2.14. The third-order valence-corrected chi connectivity index (χ3v) is 4.39. The molecule has 0 aliphatic carbocycles. The first kappa shape index (κ1) is 20.1. The van der Waals surface area contributed by atoms with Crippen LogP contribution in [-0.4, -0.2) is 35.0 Å². The molecule has 7 nitrogen and oxygen atoms in total. The Morgan fingerprint density at radius 2 is 2.08 bits per heavy atom. The van der Waals surface area contributed by atoms with Crippen molar-refractivity contribution in [3.05, 3.63) is 35.5 Å². The lowest BCUT2D eigenvalue weighted by atomic mass is 10.1. The van der Waals surface area contributed by atoms with Gasteiger partial charge in [0.1, 0.15) is 0 Å². The number of thioether (sulfide) groups is 1. The van der Waals surface area contributed by atoms with E-state index < -0.39 is 0 Å². The van der Waals surface area contributed by atoms with Gasteiger partial charge in [-0.2, -0.15) is 4.98 Å². The molecule has 2 aromatic rings. The summed E-state index contributed by atoms with van der Waals surface area (Å²) >= 11 is 1.44. The number of benzene rings is 1. The van der Waals surface area contributed by atoms with E-state index in [1.807, 2.05) is 39.0 Å². The van der Waals surface area contributed by atoms with Gasteiger partial charge in [-0.3, -0.25) is 4.79 Å². The van der Waals surface area contributed by atoms with Gasteiger partial charge in [-0.05, 0) is 38.5 Å². The number of amides is 1. The van der Waals surface area contributed by atoms with Crippen molar-refractivity contribution in [1.82, 2.24) is 15.5 Å². The Morgan fingerprint density at radius 3 is 2.69 bits per heavy atom. The van der Waals surface area contributed by atoms with Gasteiger partial charge in [-0.15, -0.1) is 11.8 Å². The molecule has 1 N–H and O–H groups in total. The van der Waals surface area contributed by atoms with E-state index in [2.05, 4.69) is 15.5 Å². The SMILES string of the molecule is COc1cc(C(C)NC(=O)CSCc2noc(C)n2)ccc1OC(C)C. The molecule has 1 heterocycles. The van der Waals surface area contributed by atoms with Crippen LogP contribution in [0.5, 0.6) is 11.5 Å². The molecule has 0 aliphatic rings. The standard InChI is InChI=1S/C18H25N3O4S/c1-11(2)24-15-7-6-14(8-16(15)23-5)12(3)19-18(22)10-26-9-17-20-13(4)25-21-17/h6-8,11-12H,9-10H2,1-5H3,(H,19,22). The zero-order valence-corrected chi connectivity index (χ0v) is 16.6. The Morgan fingerprint density at radius 1 is 1.31 bits per heavy atom. The molecule has 2 rings (SSSR count). The van der Waals surface area contributed by atoms with E-state index in [1.165, 1.54) is 11.8 Å². The van der Waals surface area contributed by atoms with E-state index in [0.29, 0.717) is 34.7 Å². The summed E-state index contributed by atoms with van der Waals surface area (Å²) < 4.78 is 16.0. The minimum Gasteiger partial charge on any atom is -0.493 e. The summed E-state index contributed by atoms with van der Waals surface area (Å²) in [5.74, 6) is 3.27. The van der Waals surface area contributed by atoms with Gasteiger partial charge < -0.3 is 19.3 Å². The Bertz CT molecular complexity index is 733. The van der Waals surface area contributed by atoms with Crippen molar-refractivity contribution in [3.63, 3.8) is 0 Å². The summed E-state index contributed by atoms with van der Waals surface area (Å²) in [6, 6.07) is 5.54. The minimum absolute atomic E-state index is 0.0517. The number of carbonyl (C=O) groups excluding carboxylic acids is 1. The number of nitrogens with one attached hydrogen (secondary N) is 1. The Balaban J connectivity index is 1.87. The van der Waals surface area contributed by atoms with Gasteiger partial charge in [-0.1, -0.05) is 11.2 Å². The van der Waals surface area contributed by atoms with Crippen LogP contribution in [0, 0.1) is 6.92 Å². The second kappa shape index (κ2) is 9.47. The second-order valence-corrected chi connectivity index (χ2v) is 7.07. The fourth-order valence-electron chi connectivity index (χ4n) is 2.31. The molecule has 0 bridgehead atoms. The monoisotopic (exact) mass is 379 g/mol. The number of nitrogens with zero attached hydrogens (tertiary/aromatic N) is 2. The maximum absolute atomic E-state index is 12.1. The lowest BCUT2D eigenvalue weighted by Gasteiger charge is -2.18. The van der Waals surface area contributed by atoms with E-state index in [9.17, 15) is 4.79 Å². The molecule has 0 saturated heterocycles. The molecule has 142 valence electrons. The van der Waals surface area contributed by atoms with Gasteiger partial charge >= 0.3 is 0 Å². The predicted molar refractivity (Wildman–Crippen MR) is 101 cm³/mol. The molecular formula is C18H25N3O4S. The van der Waals surface area contributed by atoms with Gasteiger partial charge in [0, 0.05) is 6.92 Å². The van der Waals surface area contributed by atoms with Crippen molar-refractivity contribution in [2.24, 2.45) is 0 Å². The van der Waals surface area contributed by atoms with Crippen molar-refractivity contribution in [2.45, 2.75) is 45.6 Å². The number of aryl methyl sites for hydroxylation is 1. The van der Waals surface area contributed by atoms with Crippen LogP contribution in [-0.2, 0) is 10.5 Å². The van der Waals surface area contributed by atoms with Gasteiger partial charge in [0.15, 0.2) is 17.3 Å². The van der Waals surface area contributed by atoms with Crippen molar-refractivity contribution in [1.29, 1.82) is 0 Å². The van der Waals surface area contributed by atoms with Gasteiger partial charge in [0.2, 0.25) is 11.8 Å². The third-order valence-electron chi connectivity index (χ3n) is 3.46. The maximum Gasteiger partial charge on any atom is 0.230 e. The fourth-order valence-corrected chi connectivity index (χ4v) is 2.98. The van der Waals surface area contributed by atoms with E-state index in [-0.39, 0.29) is 18.1 Å². The first-order valence-electron chi connectivity index (χ1n) is 8.40. The van der Waals surface area contributed by atoms with E-state index >= 15 is 0 Å². The molecule has 0 spiro atoms. The number of methoxy groups -OCH3 is 1. The van der Waals surface area contributed by atoms with Crippen LogP contribution < -0.4 is 14.8 Å². The molecule has 1 amide bonds. The lowest BCUT2D eigenvalue weighted by Crippen LogP contribution is -2.28. The quantitative estimate of drug-likeness (QED) is 0.715. The number of rotatable bonds is 9. The number of aromatic nitrogens is 2. The molecule has 0 radical (unpaired) electrons. The van der Waals surface area contributed by atoms with Crippen molar-refractivity contribution < 1.29 is 18.8 Å². The predicted octanol–water partition coefficient (Wildman–Crippen LogP) is 3.28. The first-order valence-corrected chi connectivity index (χ1v) is 9.55. The largest absolute Gasteiger partial charge is 0.493 e. The van der Waals surface area contributed by atoms with Crippen LogP contribution in [0.15, 0.2) is 22.7 Å². The summed E-state index contributed by atoms with van der Waals surface area (Å²) in [6.45, 7) is 7.59. The summed E-state index contributed by atoms with van der Waals surface area (Å²) in [4.78, 5) is 16.2. The first-order chi connectivity index (χ1) is 12.4. The molecule has 0 fully saturated rings. The topological polar surface area (TPSA) is 86.5 Å². The molecule has 0 saturated carbocycles. The normalized spacial score (nSPS) is 12.1. The van der Waals surface area contributed by atoms with E-state index in [1.54, 1.807) is 14.0 Å². The summed E-state index contributed by atoms with van der Waals surface area (Å²) in [6.07, 6.45) is 0.0619. The van der Waals surface area contributed by atoms with Gasteiger partial charge in [0.05, 0.1) is 30.8 Å². The Kier molecular flexibility index (Phi) is 7.32. The molecule has 8 heteroatoms. The highest BCUT2D eigenvalue weighted by atomic mass is 32.2. The van der Waals surface area contributed by atoms with Crippen molar-refractivity contribution in [3.8, 4) is 11.5 Å². The number of carbonyl (C=O) groups is 1. The Labute approximate surface area is 157 Å². The van der Waals surface area contributed by atoms with Gasteiger partial charge in [0.25, 0.3) is 0 Å². The van der Waals surface area contributed by atoms with E-state index in [4.69, 9.17) is 14.0 Å². The zero-order valence-electron chi connectivity index (χ0n) is 15.7. The van der Waals surface area contributed by atoms with Crippen LogP contribution in [0.2, 0.25) is 0 Å². The smallest absolute Gasteiger partial charge is 0.230 e. The third kappa shape index (κ3) is 5.94. The molecule has 26 heavy (non-hydrogen) atoms. The van der Waals surface area contributed by atoms with Crippen LogP contribution in [0.3, 0.4) is 0 Å². The minimum atomic E-state index is -0.141. The average Bonchev–Trinajstić information content (AvgIpc) is 2.99. The number of ether oxygens (including phenoxy) is 2. The van der Waals surface area contributed by atoms with Crippen molar-refractivity contribution in [2.75, 3.05) is 12.9 Å². The maximum atomic E-state index is 12.1.